The molecule has 1 N–H and O–H groups in total. The molecule has 0 spiro atoms. The Morgan fingerprint density at radius 3 is 2.80 bits per heavy atom. The molecule has 1 aliphatic rings. The first-order valence-corrected chi connectivity index (χ1v) is 12.7. The van der Waals surface area contributed by atoms with Crippen molar-refractivity contribution in [3.63, 3.8) is 0 Å². The molecule has 0 unspecified atom stereocenters. The third-order valence-electron chi connectivity index (χ3n) is 4.14. The molecule has 136 valence electrons. The highest BCUT2D eigenvalue weighted by Crippen LogP contribution is 2.13. The number of carbonyl (C=O) groups is 2. The van der Waals surface area contributed by atoms with Gasteiger partial charge in [-0.1, -0.05) is 37.9 Å². The summed E-state index contributed by atoms with van der Waals surface area (Å²) in [6.45, 7) is 7.98. The van der Waals surface area contributed by atoms with Crippen LogP contribution in [0, 0.1) is 0 Å². The van der Waals surface area contributed by atoms with Crippen LogP contribution in [0.5, 0.6) is 0 Å². The highest BCUT2D eigenvalue weighted by Gasteiger charge is 2.28. The standard InChI is InChI=1S/C19H29N3O2Si/c1-25(2,3)14-7-6-13-22(15-16-9-4-5-12-20-16)19(24)17-10-8-11-18(23)21-17/h4-7,9,12,17H,8,10-11,13-15H2,1-3H3,(H,21,23)/t17-/m0/s1. The number of pyridine rings is 1. The molecule has 0 aromatic carbocycles. The van der Waals surface area contributed by atoms with Gasteiger partial charge in [0, 0.05) is 27.2 Å². The summed E-state index contributed by atoms with van der Waals surface area (Å²) in [7, 11) is -1.13. The van der Waals surface area contributed by atoms with Crippen molar-refractivity contribution in [3.05, 3.63) is 42.2 Å². The highest BCUT2D eigenvalue weighted by atomic mass is 28.3. The monoisotopic (exact) mass is 359 g/mol. The molecule has 0 aliphatic carbocycles. The topological polar surface area (TPSA) is 62.3 Å². The van der Waals surface area contributed by atoms with Gasteiger partial charge in [0.25, 0.3) is 0 Å². The maximum absolute atomic E-state index is 12.9. The molecule has 5 nitrogen and oxygen atoms in total. The van der Waals surface area contributed by atoms with Crippen LogP contribution >= 0.6 is 0 Å². The molecule has 6 heteroatoms. The van der Waals surface area contributed by atoms with Crippen LogP contribution in [0.1, 0.15) is 25.0 Å². The summed E-state index contributed by atoms with van der Waals surface area (Å²) >= 11 is 0. The third kappa shape index (κ3) is 6.82. The second kappa shape index (κ2) is 8.94. The lowest BCUT2D eigenvalue weighted by atomic mass is 10.0. The molecule has 0 saturated carbocycles. The molecule has 2 amide bonds. The summed E-state index contributed by atoms with van der Waals surface area (Å²) < 4.78 is 0. The molecule has 0 radical (unpaired) electrons. The second-order valence-electron chi connectivity index (χ2n) is 7.79. The first-order valence-electron chi connectivity index (χ1n) is 8.98. The van der Waals surface area contributed by atoms with Gasteiger partial charge in [0.15, 0.2) is 0 Å². The third-order valence-corrected chi connectivity index (χ3v) is 5.60. The predicted molar refractivity (Wildman–Crippen MR) is 103 cm³/mol. The highest BCUT2D eigenvalue weighted by molar-refractivity contribution is 6.76. The number of hydrogen-bond donors (Lipinski definition) is 1. The molecule has 0 bridgehead atoms. The minimum Gasteiger partial charge on any atom is -0.344 e. The lowest BCUT2D eigenvalue weighted by Gasteiger charge is -2.29. The number of piperidine rings is 1. The number of amides is 2. The van der Waals surface area contributed by atoms with Crippen molar-refractivity contribution in [3.8, 4) is 0 Å². The maximum Gasteiger partial charge on any atom is 0.245 e. The van der Waals surface area contributed by atoms with E-state index < -0.39 is 14.1 Å². The minimum atomic E-state index is -1.13. The Labute approximate surface area is 151 Å². The van der Waals surface area contributed by atoms with E-state index in [1.165, 1.54) is 0 Å². The van der Waals surface area contributed by atoms with Crippen molar-refractivity contribution in [2.24, 2.45) is 0 Å². The van der Waals surface area contributed by atoms with Crippen molar-refractivity contribution in [2.45, 2.75) is 57.5 Å². The van der Waals surface area contributed by atoms with Gasteiger partial charge >= 0.3 is 0 Å². The van der Waals surface area contributed by atoms with Gasteiger partial charge in [-0.3, -0.25) is 14.6 Å². The van der Waals surface area contributed by atoms with E-state index in [1.807, 2.05) is 18.2 Å². The number of rotatable bonds is 7. The van der Waals surface area contributed by atoms with Crippen molar-refractivity contribution >= 4 is 19.9 Å². The van der Waals surface area contributed by atoms with Crippen molar-refractivity contribution < 1.29 is 9.59 Å². The van der Waals surface area contributed by atoms with E-state index >= 15 is 0 Å². The van der Waals surface area contributed by atoms with Crippen LogP contribution in [0.15, 0.2) is 36.5 Å². The van der Waals surface area contributed by atoms with Gasteiger partial charge in [-0.05, 0) is 31.0 Å². The van der Waals surface area contributed by atoms with Gasteiger partial charge in [-0.15, -0.1) is 0 Å². The van der Waals surface area contributed by atoms with Crippen LogP contribution < -0.4 is 5.32 Å². The Morgan fingerprint density at radius 1 is 1.36 bits per heavy atom. The Hall–Kier alpha value is -1.95. The Bertz CT molecular complexity index is 611. The summed E-state index contributed by atoms with van der Waals surface area (Å²) in [5.41, 5.74) is 0.858. The number of carbonyl (C=O) groups excluding carboxylic acids is 2. The number of hydrogen-bond acceptors (Lipinski definition) is 3. The molecule has 1 aromatic rings. The normalized spacial score (nSPS) is 18.2. The summed E-state index contributed by atoms with van der Waals surface area (Å²) in [6.07, 6.45) is 7.99. The Kier molecular flexibility index (Phi) is 6.93. The molecule has 1 aliphatic heterocycles. The largest absolute Gasteiger partial charge is 0.344 e. The fraction of sp³-hybridized carbons (Fsp3) is 0.526. The van der Waals surface area contributed by atoms with Crippen LogP contribution in [-0.2, 0) is 16.1 Å². The molecular weight excluding hydrogens is 330 g/mol. The zero-order chi connectivity index (χ0) is 18.3. The SMILES string of the molecule is C[Si](C)(C)CC=CCN(Cc1ccccn1)C(=O)[C@@H]1CCCC(=O)N1. The molecule has 2 rings (SSSR count). The first kappa shape index (κ1) is 19.4. The fourth-order valence-electron chi connectivity index (χ4n) is 2.77. The van der Waals surface area contributed by atoms with Crippen LogP contribution in [-0.4, -0.2) is 42.4 Å². The van der Waals surface area contributed by atoms with Gasteiger partial charge in [-0.25, -0.2) is 0 Å². The summed E-state index contributed by atoms with van der Waals surface area (Å²) in [4.78, 5) is 30.6. The zero-order valence-corrected chi connectivity index (χ0v) is 16.5. The van der Waals surface area contributed by atoms with E-state index in [9.17, 15) is 9.59 Å². The van der Waals surface area contributed by atoms with Gasteiger partial charge < -0.3 is 10.2 Å². The molecule has 1 saturated heterocycles. The van der Waals surface area contributed by atoms with Gasteiger partial charge in [0.05, 0.1) is 12.2 Å². The molecular formula is C19H29N3O2Si. The van der Waals surface area contributed by atoms with E-state index in [0.29, 0.717) is 25.9 Å². The fourth-order valence-corrected chi connectivity index (χ4v) is 3.64. The molecule has 1 atom stereocenters. The van der Waals surface area contributed by atoms with Crippen molar-refractivity contribution in [2.75, 3.05) is 6.54 Å². The van der Waals surface area contributed by atoms with E-state index in [4.69, 9.17) is 0 Å². The quantitative estimate of drug-likeness (QED) is 0.601. The number of aromatic nitrogens is 1. The lowest BCUT2D eigenvalue weighted by molar-refractivity contribution is -0.138. The van der Waals surface area contributed by atoms with Gasteiger partial charge in [0.2, 0.25) is 11.8 Å². The average Bonchev–Trinajstić information content (AvgIpc) is 2.57. The first-order chi connectivity index (χ1) is 11.8. The molecule has 1 aromatic heterocycles. The molecule has 1 fully saturated rings. The summed E-state index contributed by atoms with van der Waals surface area (Å²) in [5, 5.41) is 2.83. The smallest absolute Gasteiger partial charge is 0.245 e. The van der Waals surface area contributed by atoms with Crippen molar-refractivity contribution in [1.29, 1.82) is 0 Å². The van der Waals surface area contributed by atoms with Crippen molar-refractivity contribution in [1.82, 2.24) is 15.2 Å². The number of nitrogens with one attached hydrogen (secondary N) is 1. The van der Waals surface area contributed by atoms with E-state index in [2.05, 4.69) is 42.1 Å². The lowest BCUT2D eigenvalue weighted by Crippen LogP contribution is -2.50. The molecule has 2 heterocycles. The second-order valence-corrected chi connectivity index (χ2v) is 13.3. The van der Waals surface area contributed by atoms with E-state index in [0.717, 1.165) is 18.2 Å². The number of allylic oxidation sites excluding steroid dienone is 1. The van der Waals surface area contributed by atoms with E-state index in [-0.39, 0.29) is 11.8 Å². The Morgan fingerprint density at radius 2 is 2.16 bits per heavy atom. The van der Waals surface area contributed by atoms with Gasteiger partial charge in [0.1, 0.15) is 6.04 Å². The predicted octanol–water partition coefficient (Wildman–Crippen LogP) is 2.97. The Balaban J connectivity index is 2.05. The number of nitrogens with zero attached hydrogens (tertiary/aromatic N) is 2. The van der Waals surface area contributed by atoms with Gasteiger partial charge in [-0.2, -0.15) is 0 Å². The molecule has 25 heavy (non-hydrogen) atoms. The summed E-state index contributed by atoms with van der Waals surface area (Å²) in [5.74, 6) is -0.0481. The van der Waals surface area contributed by atoms with Crippen LogP contribution in [0.2, 0.25) is 25.7 Å². The maximum atomic E-state index is 12.9. The zero-order valence-electron chi connectivity index (χ0n) is 15.5. The van der Waals surface area contributed by atoms with Crippen LogP contribution in [0.25, 0.3) is 0 Å². The van der Waals surface area contributed by atoms with E-state index in [1.54, 1.807) is 11.1 Å². The summed E-state index contributed by atoms with van der Waals surface area (Å²) in [6, 6.07) is 6.40. The van der Waals surface area contributed by atoms with Crippen LogP contribution in [0.4, 0.5) is 0 Å². The van der Waals surface area contributed by atoms with Crippen LogP contribution in [0.3, 0.4) is 0 Å². The minimum absolute atomic E-state index is 0.0173. The average molecular weight is 360 g/mol.